The summed E-state index contributed by atoms with van der Waals surface area (Å²) in [6.45, 7) is 8.96. The van der Waals surface area contributed by atoms with Crippen LogP contribution in [-0.4, -0.2) is 65.8 Å². The lowest BCUT2D eigenvalue weighted by atomic mass is 9.74. The predicted octanol–water partition coefficient (Wildman–Crippen LogP) is 4.36. The minimum absolute atomic E-state index is 0.0481. The molecule has 0 aliphatic carbocycles. The van der Waals surface area contributed by atoms with Gasteiger partial charge in [-0.05, 0) is 49.8 Å². The minimum Gasteiger partial charge on any atom is -0.466 e. The van der Waals surface area contributed by atoms with Crippen molar-refractivity contribution in [1.29, 1.82) is 0 Å². The Bertz CT molecular complexity index is 1060. The van der Waals surface area contributed by atoms with Crippen molar-refractivity contribution in [2.24, 2.45) is 5.41 Å². The molecule has 1 aromatic carbocycles. The number of rotatable bonds is 16. The maximum Gasteiger partial charge on any atom is 0.330 e. The van der Waals surface area contributed by atoms with Crippen molar-refractivity contribution in [3.05, 3.63) is 72.4 Å². The van der Waals surface area contributed by atoms with Crippen LogP contribution in [0.3, 0.4) is 0 Å². The van der Waals surface area contributed by atoms with Crippen molar-refractivity contribution in [2.45, 2.75) is 96.1 Å². The number of methoxy groups -OCH3 is 1. The Kier molecular flexibility index (Phi) is 13.6. The van der Waals surface area contributed by atoms with Crippen LogP contribution in [0, 0.1) is 5.41 Å². The highest BCUT2D eigenvalue weighted by atomic mass is 16.7. The summed E-state index contributed by atoms with van der Waals surface area (Å²) < 4.78 is 22.7. The highest BCUT2D eigenvalue weighted by Crippen LogP contribution is 2.46. The number of ether oxygens (including phenoxy) is 4. The third-order valence-electron chi connectivity index (χ3n) is 7.21. The Hall–Kier alpha value is -3.11. The lowest BCUT2D eigenvalue weighted by molar-refractivity contribution is -0.327. The first-order chi connectivity index (χ1) is 19.5. The van der Waals surface area contributed by atoms with E-state index in [1.54, 1.807) is 26.8 Å². The van der Waals surface area contributed by atoms with Crippen LogP contribution >= 0.6 is 0 Å². The van der Waals surface area contributed by atoms with Gasteiger partial charge in [-0.25, -0.2) is 4.79 Å². The van der Waals surface area contributed by atoms with Gasteiger partial charge in [0.05, 0.1) is 32.0 Å². The molecule has 0 amide bonds. The molecule has 1 aliphatic heterocycles. The summed E-state index contributed by atoms with van der Waals surface area (Å²) >= 11 is 0. The summed E-state index contributed by atoms with van der Waals surface area (Å²) in [5, 5.41) is 23.1. The molecule has 1 saturated heterocycles. The second-order valence-electron chi connectivity index (χ2n) is 10.8. The van der Waals surface area contributed by atoms with E-state index >= 15 is 0 Å². The Morgan fingerprint density at radius 1 is 1.24 bits per heavy atom. The van der Waals surface area contributed by atoms with E-state index in [9.17, 15) is 24.6 Å². The maximum atomic E-state index is 12.9. The third kappa shape index (κ3) is 10.0. The zero-order valence-electron chi connectivity index (χ0n) is 24.5. The summed E-state index contributed by atoms with van der Waals surface area (Å²) in [6.07, 6.45) is 4.71. The minimum atomic E-state index is -2.19. The zero-order chi connectivity index (χ0) is 30.5. The fourth-order valence-electron chi connectivity index (χ4n) is 4.62. The highest BCUT2D eigenvalue weighted by Gasteiger charge is 2.57. The maximum absolute atomic E-state index is 12.9. The summed E-state index contributed by atoms with van der Waals surface area (Å²) in [5.74, 6) is -3.47. The second-order valence-corrected chi connectivity index (χ2v) is 10.8. The molecule has 226 valence electrons. The van der Waals surface area contributed by atoms with E-state index in [2.05, 4.69) is 6.58 Å². The zero-order valence-corrected chi connectivity index (χ0v) is 24.5. The van der Waals surface area contributed by atoms with Crippen LogP contribution < -0.4 is 0 Å². The Morgan fingerprint density at radius 3 is 2.59 bits per heavy atom. The summed E-state index contributed by atoms with van der Waals surface area (Å²) in [7, 11) is 1.22. The molecule has 2 rings (SSSR count). The van der Waals surface area contributed by atoms with E-state index in [1.165, 1.54) is 25.3 Å². The number of aldehydes is 1. The van der Waals surface area contributed by atoms with Crippen LogP contribution in [0.4, 0.5) is 0 Å². The molecule has 41 heavy (non-hydrogen) atoms. The Balaban J connectivity index is 2.34. The molecular formula is C32H44O9. The first-order valence-electron chi connectivity index (χ1n) is 13.9. The quantitative estimate of drug-likeness (QED) is 0.0976. The standard InChI is InChI=1S/C32H44O9/c1-6-7-8-12-16-28(35)40-30-25(20-29(36)38-5)19-26(41-32(30,37)31(3,4)17-13-18-33)21-27(34)23(2)39-22-24-14-10-9-11-15-24/h6,9-11,13-15,17-18,20,23,26-27,30,34,37H,1,7-8,12,16,19,21-22H2,2-5H3/b17-13+,25-20+/t23-,26+,27-,30+,32-/m1/s1. The predicted molar refractivity (Wildman–Crippen MR) is 153 cm³/mol. The van der Waals surface area contributed by atoms with Crippen molar-refractivity contribution < 1.29 is 43.5 Å². The van der Waals surface area contributed by atoms with Crippen LogP contribution in [0.25, 0.3) is 0 Å². The second kappa shape index (κ2) is 16.4. The van der Waals surface area contributed by atoms with Crippen LogP contribution in [0.2, 0.25) is 0 Å². The summed E-state index contributed by atoms with van der Waals surface area (Å²) in [5.41, 5.74) is -0.0423. The number of aliphatic hydroxyl groups is 2. The monoisotopic (exact) mass is 572 g/mol. The third-order valence-corrected chi connectivity index (χ3v) is 7.21. The Labute approximate surface area is 242 Å². The number of hydrogen-bond donors (Lipinski definition) is 2. The SMILES string of the molecule is C=CCCCCC(=O)O[C@H]1/C(=C/C(=O)OC)C[C@@H](C[C@@H](O)[C@@H](C)OCc2ccccc2)O[C@@]1(O)C(C)(C)/C=C/C=O. The van der Waals surface area contributed by atoms with E-state index < -0.39 is 47.6 Å². The fraction of sp³-hybridized carbons (Fsp3) is 0.531. The fourth-order valence-corrected chi connectivity index (χ4v) is 4.62. The van der Waals surface area contributed by atoms with Crippen molar-refractivity contribution in [2.75, 3.05) is 7.11 Å². The highest BCUT2D eigenvalue weighted by molar-refractivity contribution is 5.83. The van der Waals surface area contributed by atoms with Gasteiger partial charge in [0.2, 0.25) is 5.79 Å². The molecule has 1 fully saturated rings. The van der Waals surface area contributed by atoms with Crippen molar-refractivity contribution >= 4 is 18.2 Å². The number of unbranched alkanes of at least 4 members (excludes halogenated alkanes) is 2. The van der Waals surface area contributed by atoms with Gasteiger partial charge in [0, 0.05) is 24.3 Å². The number of benzene rings is 1. The first-order valence-corrected chi connectivity index (χ1v) is 13.9. The molecule has 2 N–H and O–H groups in total. The largest absolute Gasteiger partial charge is 0.466 e. The lowest BCUT2D eigenvalue weighted by Crippen LogP contribution is -2.62. The van der Waals surface area contributed by atoms with E-state index in [-0.39, 0.29) is 24.8 Å². The van der Waals surface area contributed by atoms with E-state index in [1.807, 2.05) is 30.3 Å². The van der Waals surface area contributed by atoms with Gasteiger partial charge in [-0.15, -0.1) is 6.58 Å². The number of allylic oxidation sites excluding steroid dienone is 2. The molecule has 9 nitrogen and oxygen atoms in total. The molecule has 1 aromatic rings. The molecule has 0 unspecified atom stereocenters. The molecule has 5 atom stereocenters. The molecule has 0 saturated carbocycles. The lowest BCUT2D eigenvalue weighted by Gasteiger charge is -2.50. The number of esters is 2. The van der Waals surface area contributed by atoms with E-state index in [4.69, 9.17) is 18.9 Å². The van der Waals surface area contributed by atoms with Crippen molar-refractivity contribution in [3.63, 3.8) is 0 Å². The number of aliphatic hydroxyl groups excluding tert-OH is 1. The molecule has 0 aromatic heterocycles. The van der Waals surface area contributed by atoms with E-state index in [0.29, 0.717) is 19.3 Å². The molecule has 1 aliphatic rings. The van der Waals surface area contributed by atoms with Crippen molar-refractivity contribution in [3.8, 4) is 0 Å². The van der Waals surface area contributed by atoms with Crippen LogP contribution in [0.1, 0.15) is 64.9 Å². The first kappa shape index (κ1) is 34.1. The van der Waals surface area contributed by atoms with Crippen LogP contribution in [0.15, 0.2) is 66.8 Å². The van der Waals surface area contributed by atoms with E-state index in [0.717, 1.165) is 18.4 Å². The topological polar surface area (TPSA) is 129 Å². The summed E-state index contributed by atoms with van der Waals surface area (Å²) in [4.78, 5) is 36.3. The van der Waals surface area contributed by atoms with Gasteiger partial charge in [-0.3, -0.25) is 9.59 Å². The normalized spacial score (nSPS) is 23.6. The molecule has 0 spiro atoms. The average Bonchev–Trinajstić information content (AvgIpc) is 2.95. The van der Waals surface area contributed by atoms with Crippen LogP contribution in [0.5, 0.6) is 0 Å². The molecule has 0 bridgehead atoms. The van der Waals surface area contributed by atoms with Gasteiger partial charge >= 0.3 is 11.9 Å². The molecule has 0 radical (unpaired) electrons. The van der Waals surface area contributed by atoms with Gasteiger partial charge < -0.3 is 29.2 Å². The number of carbonyl (C=O) groups is 3. The van der Waals surface area contributed by atoms with Gasteiger partial charge in [0.25, 0.3) is 0 Å². The van der Waals surface area contributed by atoms with Crippen LogP contribution in [-0.2, 0) is 39.9 Å². The molecule has 9 heteroatoms. The number of hydrogen-bond acceptors (Lipinski definition) is 9. The smallest absolute Gasteiger partial charge is 0.330 e. The molecular weight excluding hydrogens is 528 g/mol. The van der Waals surface area contributed by atoms with Gasteiger partial charge in [-0.1, -0.05) is 56.3 Å². The van der Waals surface area contributed by atoms with Gasteiger partial charge in [-0.2, -0.15) is 0 Å². The van der Waals surface area contributed by atoms with Crippen molar-refractivity contribution in [1.82, 2.24) is 0 Å². The number of carbonyl (C=O) groups excluding carboxylic acids is 3. The van der Waals surface area contributed by atoms with Gasteiger partial charge in [0.15, 0.2) is 6.10 Å². The summed E-state index contributed by atoms with van der Waals surface area (Å²) in [6, 6.07) is 9.54. The van der Waals surface area contributed by atoms with Gasteiger partial charge in [0.1, 0.15) is 6.29 Å². The Morgan fingerprint density at radius 2 is 1.95 bits per heavy atom. The average molecular weight is 573 g/mol. The molecule has 1 heterocycles.